The number of rotatable bonds is 6. The monoisotopic (exact) mass is 351 g/mol. The van der Waals surface area contributed by atoms with Crippen molar-refractivity contribution < 1.29 is 9.52 Å². The first-order chi connectivity index (χ1) is 12.6. The highest BCUT2D eigenvalue weighted by molar-refractivity contribution is 5.86. The molecule has 0 bridgehead atoms. The van der Waals surface area contributed by atoms with Gasteiger partial charge in [0.25, 0.3) is 0 Å². The Kier molecular flexibility index (Phi) is 5.58. The second-order valence-corrected chi connectivity index (χ2v) is 6.44. The maximum Gasteiger partial charge on any atom is 0.191 e. The molecule has 3 N–H and O–H groups in total. The Morgan fingerprint density at radius 2 is 1.88 bits per heavy atom. The molecule has 0 aliphatic carbocycles. The molecule has 0 saturated heterocycles. The molecule has 1 unspecified atom stereocenters. The van der Waals surface area contributed by atoms with Crippen LogP contribution in [0.25, 0.3) is 10.8 Å². The van der Waals surface area contributed by atoms with Crippen molar-refractivity contribution in [2.24, 2.45) is 4.99 Å². The van der Waals surface area contributed by atoms with Gasteiger partial charge in [-0.3, -0.25) is 0 Å². The SMILES string of the molecule is CCNC(=NCc1cccc2ccccc12)NCC(C)(O)c1ccco1. The van der Waals surface area contributed by atoms with E-state index in [0.717, 1.165) is 12.1 Å². The zero-order valence-electron chi connectivity index (χ0n) is 15.2. The number of benzene rings is 2. The molecule has 0 radical (unpaired) electrons. The second kappa shape index (κ2) is 8.06. The van der Waals surface area contributed by atoms with E-state index in [2.05, 4.69) is 46.0 Å². The minimum atomic E-state index is -1.11. The van der Waals surface area contributed by atoms with E-state index in [4.69, 9.17) is 4.42 Å². The van der Waals surface area contributed by atoms with Crippen LogP contribution in [0.2, 0.25) is 0 Å². The Morgan fingerprint density at radius 3 is 2.65 bits per heavy atom. The predicted octanol–water partition coefficient (Wildman–Crippen LogP) is 3.40. The van der Waals surface area contributed by atoms with Gasteiger partial charge in [0.15, 0.2) is 5.96 Å². The summed E-state index contributed by atoms with van der Waals surface area (Å²) in [4.78, 5) is 4.67. The fourth-order valence-electron chi connectivity index (χ4n) is 2.86. The maximum atomic E-state index is 10.6. The summed E-state index contributed by atoms with van der Waals surface area (Å²) in [5, 5.41) is 19.4. The molecule has 1 heterocycles. The van der Waals surface area contributed by atoms with Crippen molar-refractivity contribution in [2.45, 2.75) is 26.0 Å². The molecule has 5 heteroatoms. The van der Waals surface area contributed by atoms with Crippen molar-refractivity contribution in [1.29, 1.82) is 0 Å². The van der Waals surface area contributed by atoms with Gasteiger partial charge in [-0.05, 0) is 42.3 Å². The molecule has 5 nitrogen and oxygen atoms in total. The Hall–Kier alpha value is -2.79. The molecule has 0 saturated carbocycles. The quantitative estimate of drug-likeness (QED) is 0.470. The van der Waals surface area contributed by atoms with Crippen LogP contribution in [0.15, 0.2) is 70.3 Å². The van der Waals surface area contributed by atoms with Gasteiger partial charge in [0.05, 0.1) is 19.4 Å². The van der Waals surface area contributed by atoms with Crippen LogP contribution in [0.5, 0.6) is 0 Å². The number of furan rings is 1. The van der Waals surface area contributed by atoms with Crippen molar-refractivity contribution in [3.05, 3.63) is 72.2 Å². The fraction of sp³-hybridized carbons (Fsp3) is 0.286. The number of nitrogens with zero attached hydrogens (tertiary/aromatic N) is 1. The van der Waals surface area contributed by atoms with Gasteiger partial charge >= 0.3 is 0 Å². The highest BCUT2D eigenvalue weighted by atomic mass is 16.4. The van der Waals surface area contributed by atoms with Crippen LogP contribution in [0, 0.1) is 0 Å². The van der Waals surface area contributed by atoms with Gasteiger partial charge < -0.3 is 20.2 Å². The molecule has 0 spiro atoms. The van der Waals surface area contributed by atoms with E-state index in [9.17, 15) is 5.11 Å². The first-order valence-electron chi connectivity index (χ1n) is 8.85. The lowest BCUT2D eigenvalue weighted by atomic mass is 10.0. The Morgan fingerprint density at radius 1 is 1.08 bits per heavy atom. The normalized spacial score (nSPS) is 14.2. The minimum Gasteiger partial charge on any atom is -0.466 e. The number of aliphatic imine (C=N–C) groups is 1. The van der Waals surface area contributed by atoms with E-state index in [1.807, 2.05) is 19.1 Å². The summed E-state index contributed by atoms with van der Waals surface area (Å²) in [6.45, 7) is 5.32. The molecule has 0 aliphatic heterocycles. The van der Waals surface area contributed by atoms with E-state index in [-0.39, 0.29) is 0 Å². The Labute approximate surface area is 153 Å². The van der Waals surface area contributed by atoms with Crippen molar-refractivity contribution >= 4 is 16.7 Å². The fourth-order valence-corrected chi connectivity index (χ4v) is 2.86. The third-order valence-electron chi connectivity index (χ3n) is 4.28. The molecule has 136 valence electrons. The molecule has 1 aromatic heterocycles. The van der Waals surface area contributed by atoms with Crippen LogP contribution < -0.4 is 10.6 Å². The van der Waals surface area contributed by atoms with Crippen molar-refractivity contribution in [3.63, 3.8) is 0 Å². The van der Waals surface area contributed by atoms with Gasteiger partial charge in [0.2, 0.25) is 0 Å². The third kappa shape index (κ3) is 4.24. The van der Waals surface area contributed by atoms with Crippen molar-refractivity contribution in [2.75, 3.05) is 13.1 Å². The van der Waals surface area contributed by atoms with Crippen LogP contribution in [-0.4, -0.2) is 24.2 Å². The van der Waals surface area contributed by atoms with Crippen molar-refractivity contribution in [1.82, 2.24) is 10.6 Å². The lowest BCUT2D eigenvalue weighted by Crippen LogP contribution is -2.44. The van der Waals surface area contributed by atoms with Gasteiger partial charge in [-0.15, -0.1) is 0 Å². The standard InChI is InChI=1S/C21H25N3O2/c1-3-22-20(24-15-21(2,25)19-12-7-13-26-19)23-14-17-10-6-9-16-8-4-5-11-18(16)17/h4-13,25H,3,14-15H2,1-2H3,(H2,22,23,24). The first kappa shape index (κ1) is 18.0. The largest absolute Gasteiger partial charge is 0.466 e. The van der Waals surface area contributed by atoms with Crippen molar-refractivity contribution in [3.8, 4) is 0 Å². The van der Waals surface area contributed by atoms with Gasteiger partial charge in [-0.25, -0.2) is 4.99 Å². The lowest BCUT2D eigenvalue weighted by Gasteiger charge is -2.22. The number of hydrogen-bond donors (Lipinski definition) is 3. The number of aliphatic hydroxyl groups is 1. The molecule has 3 aromatic rings. The summed E-state index contributed by atoms with van der Waals surface area (Å²) < 4.78 is 5.32. The van der Waals surface area contributed by atoms with Gasteiger partial charge in [-0.2, -0.15) is 0 Å². The summed E-state index contributed by atoms with van der Waals surface area (Å²) >= 11 is 0. The number of nitrogens with one attached hydrogen (secondary N) is 2. The molecule has 0 fully saturated rings. The topological polar surface area (TPSA) is 69.8 Å². The van der Waals surface area contributed by atoms with E-state index in [1.54, 1.807) is 25.3 Å². The van der Waals surface area contributed by atoms with Crippen LogP contribution in [0.4, 0.5) is 0 Å². The molecule has 2 aromatic carbocycles. The van der Waals surface area contributed by atoms with E-state index in [1.165, 1.54) is 10.8 Å². The molecule has 3 rings (SSSR count). The summed E-state index contributed by atoms with van der Waals surface area (Å²) in [6.07, 6.45) is 1.56. The summed E-state index contributed by atoms with van der Waals surface area (Å²) in [6, 6.07) is 18.1. The smallest absolute Gasteiger partial charge is 0.191 e. The highest BCUT2D eigenvalue weighted by Gasteiger charge is 2.26. The average Bonchev–Trinajstić information content (AvgIpc) is 3.20. The van der Waals surface area contributed by atoms with Crippen LogP contribution in [0.3, 0.4) is 0 Å². The number of guanidine groups is 1. The van der Waals surface area contributed by atoms with Gasteiger partial charge in [0, 0.05) is 6.54 Å². The maximum absolute atomic E-state index is 10.6. The highest BCUT2D eigenvalue weighted by Crippen LogP contribution is 2.20. The minimum absolute atomic E-state index is 0.294. The number of fused-ring (bicyclic) bond motifs is 1. The van der Waals surface area contributed by atoms with Gasteiger partial charge in [0.1, 0.15) is 11.4 Å². The van der Waals surface area contributed by atoms with Crippen LogP contribution in [0.1, 0.15) is 25.2 Å². The average molecular weight is 351 g/mol. The zero-order chi connectivity index (χ0) is 18.4. The van der Waals surface area contributed by atoms with E-state index >= 15 is 0 Å². The van der Waals surface area contributed by atoms with E-state index in [0.29, 0.717) is 24.8 Å². The zero-order valence-corrected chi connectivity index (χ0v) is 15.2. The van der Waals surface area contributed by atoms with Crippen LogP contribution >= 0.6 is 0 Å². The molecule has 0 aliphatic rings. The first-order valence-corrected chi connectivity index (χ1v) is 8.85. The molecular formula is C21H25N3O2. The molecule has 26 heavy (non-hydrogen) atoms. The van der Waals surface area contributed by atoms with E-state index < -0.39 is 5.60 Å². The summed E-state index contributed by atoms with van der Waals surface area (Å²) in [7, 11) is 0. The molecule has 0 amide bonds. The molecular weight excluding hydrogens is 326 g/mol. The van der Waals surface area contributed by atoms with Crippen LogP contribution in [-0.2, 0) is 12.1 Å². The second-order valence-electron chi connectivity index (χ2n) is 6.44. The lowest BCUT2D eigenvalue weighted by molar-refractivity contribution is 0.0386. The number of hydrogen-bond acceptors (Lipinski definition) is 3. The molecule has 1 atom stereocenters. The van der Waals surface area contributed by atoms with Gasteiger partial charge in [-0.1, -0.05) is 42.5 Å². The third-order valence-corrected chi connectivity index (χ3v) is 4.28. The summed E-state index contributed by atoms with van der Waals surface area (Å²) in [5.74, 6) is 1.18. The predicted molar refractivity (Wildman–Crippen MR) is 105 cm³/mol. The Balaban J connectivity index is 1.73. The Bertz CT molecular complexity index is 865. The summed E-state index contributed by atoms with van der Waals surface area (Å²) in [5.41, 5.74) is 0.0529.